The maximum atomic E-state index is 12.5. The maximum Gasteiger partial charge on any atom is 0.165 e. The van der Waals surface area contributed by atoms with Gasteiger partial charge in [-0.05, 0) is 80.9 Å². The molecule has 7 rings (SSSR count). The largest absolute Gasteiger partial charge is 0.504 e. The van der Waals surface area contributed by atoms with Crippen LogP contribution in [-0.4, -0.2) is 57.2 Å². The number of aliphatic hydroxyl groups is 1. The molecule has 2 aromatic rings. The molecule has 6 nitrogen and oxygen atoms in total. The third kappa shape index (κ3) is 3.06. The van der Waals surface area contributed by atoms with E-state index in [-0.39, 0.29) is 24.0 Å². The number of hydrogen-bond acceptors (Lipinski definition) is 7. The minimum absolute atomic E-state index is 0.0737. The molecule has 1 saturated heterocycles. The van der Waals surface area contributed by atoms with E-state index in [1.165, 1.54) is 18.4 Å². The lowest BCUT2D eigenvalue weighted by molar-refractivity contribution is -0.217. The van der Waals surface area contributed by atoms with E-state index in [0.717, 1.165) is 48.7 Å². The smallest absolute Gasteiger partial charge is 0.165 e. The van der Waals surface area contributed by atoms with E-state index in [0.29, 0.717) is 25.2 Å². The number of thiocarbonyl (C=S) groups is 1. The first kappa shape index (κ1) is 22.0. The van der Waals surface area contributed by atoms with Gasteiger partial charge in [-0.3, -0.25) is 4.90 Å². The molecule has 2 aliphatic heterocycles. The third-order valence-corrected chi connectivity index (χ3v) is 9.41. The van der Waals surface area contributed by atoms with Crippen molar-refractivity contribution in [1.82, 2.24) is 4.90 Å². The van der Waals surface area contributed by atoms with Crippen molar-refractivity contribution in [3.63, 3.8) is 0 Å². The van der Waals surface area contributed by atoms with E-state index in [9.17, 15) is 10.2 Å². The number of benzene rings is 2. The molecule has 0 unspecified atom stereocenters. The SMILES string of the molecule is Oc1ccc2c3c1O[C@@H]1[C@H](OCc4ccccc4N=C=S)CC[C@@]4(O)[C@H](C2)N(CC2CC2)CC[C@@]314. The minimum Gasteiger partial charge on any atom is -0.504 e. The van der Waals surface area contributed by atoms with Gasteiger partial charge >= 0.3 is 0 Å². The Morgan fingerprint density at radius 3 is 2.86 bits per heavy atom. The van der Waals surface area contributed by atoms with Gasteiger partial charge in [0, 0.05) is 23.7 Å². The molecule has 2 N–H and O–H groups in total. The van der Waals surface area contributed by atoms with E-state index in [1.54, 1.807) is 6.07 Å². The molecule has 2 aromatic carbocycles. The van der Waals surface area contributed by atoms with Crippen molar-refractivity contribution in [2.75, 3.05) is 13.1 Å². The van der Waals surface area contributed by atoms with Gasteiger partial charge in [-0.25, -0.2) is 0 Å². The van der Waals surface area contributed by atoms with Gasteiger partial charge < -0.3 is 19.7 Å². The first-order chi connectivity index (χ1) is 17.0. The number of aliphatic imine (C=N–C) groups is 1. The van der Waals surface area contributed by atoms with E-state index < -0.39 is 11.0 Å². The second-order valence-corrected chi connectivity index (χ2v) is 11.2. The summed E-state index contributed by atoms with van der Waals surface area (Å²) in [4.78, 5) is 6.74. The highest BCUT2D eigenvalue weighted by Gasteiger charge is 2.73. The highest BCUT2D eigenvalue weighted by molar-refractivity contribution is 7.78. The predicted molar refractivity (Wildman–Crippen MR) is 134 cm³/mol. The molecule has 5 atom stereocenters. The van der Waals surface area contributed by atoms with Crippen molar-refractivity contribution in [3.05, 3.63) is 53.1 Å². The Kier molecular flexibility index (Phi) is 4.93. The summed E-state index contributed by atoms with van der Waals surface area (Å²) < 4.78 is 13.1. The fraction of sp³-hybridized carbons (Fsp3) is 0.536. The Hall–Kier alpha value is -2.28. The lowest BCUT2D eigenvalue weighted by atomic mass is 9.48. The standard InChI is InChI=1S/C28H30N2O4S/c31-21-8-7-18-13-23-28(32)10-9-22(33-15-19-3-1-2-4-20(19)29-16-35)26-27(28,24(18)25(21)34-26)11-12-30(23)14-17-5-6-17/h1-4,7-8,17,22-23,26,31-32H,5-6,9-15H2/t22-,23+,26-,27-,28-/m1/s1. The van der Waals surface area contributed by atoms with Crippen LogP contribution in [0.4, 0.5) is 5.69 Å². The summed E-state index contributed by atoms with van der Waals surface area (Å²) >= 11 is 4.81. The number of piperidine rings is 1. The van der Waals surface area contributed by atoms with E-state index in [1.807, 2.05) is 30.3 Å². The van der Waals surface area contributed by atoms with Gasteiger partial charge in [-0.15, -0.1) is 0 Å². The number of rotatable bonds is 6. The molecule has 5 aliphatic rings. The second-order valence-electron chi connectivity index (χ2n) is 11.0. The normalized spacial score (nSPS) is 34.6. The van der Waals surface area contributed by atoms with Crippen LogP contribution in [0.1, 0.15) is 48.8 Å². The van der Waals surface area contributed by atoms with Gasteiger partial charge in [0.1, 0.15) is 6.10 Å². The lowest BCUT2D eigenvalue weighted by Crippen LogP contribution is -2.77. The number of aromatic hydroxyl groups is 1. The van der Waals surface area contributed by atoms with E-state index in [2.05, 4.69) is 15.1 Å². The Labute approximate surface area is 210 Å². The van der Waals surface area contributed by atoms with Gasteiger partial charge in [-0.1, -0.05) is 24.3 Å². The van der Waals surface area contributed by atoms with Crippen LogP contribution in [0.5, 0.6) is 11.5 Å². The lowest BCUT2D eigenvalue weighted by Gasteiger charge is -2.64. The van der Waals surface area contributed by atoms with Crippen LogP contribution in [-0.2, 0) is 23.2 Å². The summed E-state index contributed by atoms with van der Waals surface area (Å²) in [6.07, 6.45) is 5.06. The molecular weight excluding hydrogens is 460 g/mol. The molecule has 1 spiro atoms. The summed E-state index contributed by atoms with van der Waals surface area (Å²) in [5.41, 5.74) is 2.49. The zero-order chi connectivity index (χ0) is 23.8. The van der Waals surface area contributed by atoms with Gasteiger partial charge in [0.05, 0.1) is 34.6 Å². The van der Waals surface area contributed by atoms with Crippen LogP contribution in [0, 0.1) is 5.92 Å². The average Bonchev–Trinajstić information content (AvgIpc) is 3.60. The predicted octanol–water partition coefficient (Wildman–Crippen LogP) is 4.28. The van der Waals surface area contributed by atoms with Gasteiger partial charge in [0.2, 0.25) is 0 Å². The molecular formula is C28H30N2O4S. The molecule has 0 radical (unpaired) electrons. The Morgan fingerprint density at radius 2 is 2.03 bits per heavy atom. The molecule has 2 bridgehead atoms. The van der Waals surface area contributed by atoms with Crippen LogP contribution in [0.3, 0.4) is 0 Å². The number of phenolic OH excluding ortho intramolecular Hbond substituents is 1. The Balaban J connectivity index is 1.26. The molecule has 35 heavy (non-hydrogen) atoms. The minimum atomic E-state index is -0.893. The van der Waals surface area contributed by atoms with Crippen LogP contribution in [0.2, 0.25) is 0 Å². The van der Waals surface area contributed by atoms with Gasteiger partial charge in [-0.2, -0.15) is 4.99 Å². The zero-order valence-corrected chi connectivity index (χ0v) is 20.5. The molecule has 0 aromatic heterocycles. The number of phenols is 1. The van der Waals surface area contributed by atoms with Crippen LogP contribution in [0.15, 0.2) is 41.4 Å². The van der Waals surface area contributed by atoms with E-state index in [4.69, 9.17) is 21.7 Å². The topological polar surface area (TPSA) is 74.5 Å². The fourth-order valence-electron chi connectivity index (χ4n) is 7.59. The number of nitrogens with zero attached hydrogens (tertiary/aromatic N) is 2. The van der Waals surface area contributed by atoms with Crippen molar-refractivity contribution < 1.29 is 19.7 Å². The molecule has 2 heterocycles. The maximum absolute atomic E-state index is 12.5. The highest BCUT2D eigenvalue weighted by Crippen LogP contribution is 2.65. The van der Waals surface area contributed by atoms with Crippen molar-refractivity contribution in [1.29, 1.82) is 0 Å². The van der Waals surface area contributed by atoms with Crippen LogP contribution in [0.25, 0.3) is 0 Å². The molecule has 182 valence electrons. The summed E-state index contributed by atoms with van der Waals surface area (Å²) in [5.74, 6) is 1.49. The summed E-state index contributed by atoms with van der Waals surface area (Å²) in [6.45, 7) is 2.39. The third-order valence-electron chi connectivity index (χ3n) is 9.32. The Morgan fingerprint density at radius 1 is 1.17 bits per heavy atom. The molecule has 0 amide bonds. The zero-order valence-electron chi connectivity index (χ0n) is 19.7. The van der Waals surface area contributed by atoms with Crippen molar-refractivity contribution in [2.45, 2.75) is 74.4 Å². The second kappa shape index (κ2) is 7.86. The summed E-state index contributed by atoms with van der Waals surface area (Å²) in [7, 11) is 0. The van der Waals surface area contributed by atoms with Crippen molar-refractivity contribution in [2.24, 2.45) is 10.9 Å². The number of isothiocyanates is 1. The van der Waals surface area contributed by atoms with Crippen molar-refractivity contribution in [3.8, 4) is 11.5 Å². The molecule has 3 fully saturated rings. The molecule has 3 aliphatic carbocycles. The van der Waals surface area contributed by atoms with Crippen LogP contribution >= 0.6 is 12.2 Å². The van der Waals surface area contributed by atoms with E-state index >= 15 is 0 Å². The summed E-state index contributed by atoms with van der Waals surface area (Å²) in [6, 6.07) is 11.7. The first-order valence-electron chi connectivity index (χ1n) is 12.8. The van der Waals surface area contributed by atoms with Crippen molar-refractivity contribution >= 4 is 23.1 Å². The van der Waals surface area contributed by atoms with Gasteiger partial charge in [0.15, 0.2) is 11.5 Å². The highest BCUT2D eigenvalue weighted by atomic mass is 32.1. The number of para-hydroxylation sites is 1. The molecule has 2 saturated carbocycles. The first-order valence-corrected chi connectivity index (χ1v) is 13.2. The number of ether oxygens (including phenoxy) is 2. The quantitative estimate of drug-likeness (QED) is 0.465. The average molecular weight is 491 g/mol. The molecule has 7 heteroatoms. The number of hydrogen-bond donors (Lipinski definition) is 2. The monoisotopic (exact) mass is 490 g/mol. The van der Waals surface area contributed by atoms with Gasteiger partial charge in [0.25, 0.3) is 0 Å². The van der Waals surface area contributed by atoms with Crippen LogP contribution < -0.4 is 4.74 Å². The Bertz CT molecular complexity index is 1240. The number of likely N-dealkylation sites (tertiary alicyclic amines) is 1. The summed E-state index contributed by atoms with van der Waals surface area (Å²) in [5, 5.41) is 25.8. The fourth-order valence-corrected chi connectivity index (χ4v) is 7.69.